The Kier molecular flexibility index (Phi) is 3.04. The normalized spacial score (nSPS) is 16.4. The molecule has 5 nitrogen and oxygen atoms in total. The van der Waals surface area contributed by atoms with E-state index in [4.69, 9.17) is 0 Å². The first-order valence-corrected chi connectivity index (χ1v) is 6.68. The van der Waals surface area contributed by atoms with E-state index in [0.29, 0.717) is 24.1 Å². The molecule has 1 aliphatic carbocycles. The van der Waals surface area contributed by atoms with Crippen LogP contribution in [0.1, 0.15) is 24.1 Å². The summed E-state index contributed by atoms with van der Waals surface area (Å²) in [5, 5.41) is 3.98. The Balaban J connectivity index is 2.39. The smallest absolute Gasteiger partial charge is 0.355 e. The molecule has 0 spiro atoms. The van der Waals surface area contributed by atoms with Gasteiger partial charge in [0.1, 0.15) is 0 Å². The SMILES string of the molecule is Cn1nc2c(c1OS(=O)(=O)C(F)(F)F)CCCC2. The van der Waals surface area contributed by atoms with Crippen LogP contribution in [0.4, 0.5) is 13.2 Å². The quantitative estimate of drug-likeness (QED) is 0.610. The average Bonchev–Trinajstić information content (AvgIpc) is 2.54. The van der Waals surface area contributed by atoms with Gasteiger partial charge in [-0.15, -0.1) is 0 Å². The zero-order chi connectivity index (χ0) is 13.6. The number of fused-ring (bicyclic) bond motifs is 1. The maximum Gasteiger partial charge on any atom is 0.534 e. The van der Waals surface area contributed by atoms with Gasteiger partial charge in [-0.2, -0.15) is 26.7 Å². The summed E-state index contributed by atoms with van der Waals surface area (Å²) in [4.78, 5) is 0. The van der Waals surface area contributed by atoms with Gasteiger partial charge >= 0.3 is 15.6 Å². The van der Waals surface area contributed by atoms with Gasteiger partial charge in [-0.3, -0.25) is 0 Å². The van der Waals surface area contributed by atoms with Crippen LogP contribution < -0.4 is 4.18 Å². The van der Waals surface area contributed by atoms with Crippen LogP contribution in [0.25, 0.3) is 0 Å². The summed E-state index contributed by atoms with van der Waals surface area (Å²) >= 11 is 0. The number of aryl methyl sites for hydroxylation is 2. The van der Waals surface area contributed by atoms with E-state index in [1.165, 1.54) is 7.05 Å². The minimum absolute atomic E-state index is 0.331. The van der Waals surface area contributed by atoms with E-state index in [9.17, 15) is 21.6 Å². The Labute approximate surface area is 102 Å². The second-order valence-corrected chi connectivity index (χ2v) is 5.58. The molecule has 0 N–H and O–H groups in total. The summed E-state index contributed by atoms with van der Waals surface area (Å²) in [6.07, 6.45) is 2.76. The maximum atomic E-state index is 12.2. The maximum absolute atomic E-state index is 12.2. The highest BCUT2D eigenvalue weighted by molar-refractivity contribution is 7.87. The standard InChI is InChI=1S/C9H11F3N2O3S/c1-14-8(17-18(15,16)9(10,11)12)6-4-2-3-5-7(6)13-14/h2-5H2,1H3. The molecule has 102 valence electrons. The third kappa shape index (κ3) is 2.18. The first-order valence-electron chi connectivity index (χ1n) is 5.28. The highest BCUT2D eigenvalue weighted by Crippen LogP contribution is 2.33. The lowest BCUT2D eigenvalue weighted by atomic mass is 9.98. The average molecular weight is 284 g/mol. The van der Waals surface area contributed by atoms with Crippen LogP contribution in [0.5, 0.6) is 5.88 Å². The fraction of sp³-hybridized carbons (Fsp3) is 0.667. The molecule has 0 saturated heterocycles. The van der Waals surface area contributed by atoms with Crippen LogP contribution in [0, 0.1) is 0 Å². The number of rotatable bonds is 2. The second-order valence-electron chi connectivity index (χ2n) is 4.04. The third-order valence-corrected chi connectivity index (χ3v) is 3.68. The fourth-order valence-corrected chi connectivity index (χ4v) is 2.42. The Morgan fingerprint density at radius 2 is 1.89 bits per heavy atom. The number of hydrogen-bond donors (Lipinski definition) is 0. The van der Waals surface area contributed by atoms with Crippen LogP contribution in [0.3, 0.4) is 0 Å². The monoisotopic (exact) mass is 284 g/mol. The summed E-state index contributed by atoms with van der Waals surface area (Å²) in [5.41, 5.74) is -4.37. The number of halogens is 3. The lowest BCUT2D eigenvalue weighted by Gasteiger charge is -2.13. The first-order chi connectivity index (χ1) is 8.22. The van der Waals surface area contributed by atoms with Gasteiger partial charge in [-0.25, -0.2) is 4.68 Å². The first kappa shape index (κ1) is 13.2. The van der Waals surface area contributed by atoms with E-state index < -0.39 is 15.6 Å². The van der Waals surface area contributed by atoms with Crippen molar-refractivity contribution in [1.82, 2.24) is 9.78 Å². The van der Waals surface area contributed by atoms with Gasteiger partial charge in [0.15, 0.2) is 0 Å². The highest BCUT2D eigenvalue weighted by Gasteiger charge is 2.49. The Bertz CT molecular complexity index is 562. The zero-order valence-electron chi connectivity index (χ0n) is 9.49. The van der Waals surface area contributed by atoms with Crippen molar-refractivity contribution in [2.45, 2.75) is 31.2 Å². The van der Waals surface area contributed by atoms with Crippen molar-refractivity contribution < 1.29 is 25.8 Å². The van der Waals surface area contributed by atoms with E-state index in [1.54, 1.807) is 0 Å². The summed E-state index contributed by atoms with van der Waals surface area (Å²) < 4.78 is 63.9. The molecule has 2 rings (SSSR count). The van der Waals surface area contributed by atoms with Gasteiger partial charge in [0, 0.05) is 12.6 Å². The van der Waals surface area contributed by atoms with Gasteiger partial charge in [0.25, 0.3) is 0 Å². The molecule has 1 aliphatic rings. The number of nitrogens with zero attached hydrogens (tertiary/aromatic N) is 2. The summed E-state index contributed by atoms with van der Waals surface area (Å²) in [5.74, 6) is -0.331. The molecule has 0 amide bonds. The number of aromatic nitrogens is 2. The molecule has 0 saturated carbocycles. The second kappa shape index (κ2) is 4.15. The van der Waals surface area contributed by atoms with Crippen molar-refractivity contribution in [2.75, 3.05) is 0 Å². The molecule has 0 fully saturated rings. The summed E-state index contributed by atoms with van der Waals surface area (Å²) in [6, 6.07) is 0. The molecule has 0 atom stereocenters. The Morgan fingerprint density at radius 1 is 1.28 bits per heavy atom. The van der Waals surface area contributed by atoms with E-state index in [1.807, 2.05) is 0 Å². The summed E-state index contributed by atoms with van der Waals surface area (Å²) in [7, 11) is -4.28. The molecule has 9 heteroatoms. The Morgan fingerprint density at radius 3 is 2.50 bits per heavy atom. The molecule has 0 aliphatic heterocycles. The van der Waals surface area contributed by atoms with Crippen molar-refractivity contribution in [3.63, 3.8) is 0 Å². The van der Waals surface area contributed by atoms with Crippen molar-refractivity contribution >= 4 is 10.1 Å². The van der Waals surface area contributed by atoms with Gasteiger partial charge in [0.05, 0.1) is 5.69 Å². The molecule has 0 radical (unpaired) electrons. The van der Waals surface area contributed by atoms with Crippen molar-refractivity contribution in [3.05, 3.63) is 11.3 Å². The molecular weight excluding hydrogens is 273 g/mol. The van der Waals surface area contributed by atoms with Crippen LogP contribution in [0.15, 0.2) is 0 Å². The van der Waals surface area contributed by atoms with Crippen LogP contribution >= 0.6 is 0 Å². The predicted octanol–water partition coefficient (Wildman–Crippen LogP) is 1.53. The predicted molar refractivity (Wildman–Crippen MR) is 55.5 cm³/mol. The van der Waals surface area contributed by atoms with E-state index in [-0.39, 0.29) is 5.88 Å². The van der Waals surface area contributed by atoms with Gasteiger partial charge < -0.3 is 4.18 Å². The third-order valence-electron chi connectivity index (χ3n) is 2.73. The molecular formula is C9H11F3N2O3S. The van der Waals surface area contributed by atoms with Crippen molar-refractivity contribution in [2.24, 2.45) is 7.05 Å². The molecule has 0 unspecified atom stereocenters. The number of hydrogen-bond acceptors (Lipinski definition) is 4. The van der Waals surface area contributed by atoms with E-state index in [0.717, 1.165) is 17.5 Å². The molecule has 1 heterocycles. The van der Waals surface area contributed by atoms with Gasteiger partial charge in [-0.05, 0) is 25.7 Å². The number of alkyl halides is 3. The van der Waals surface area contributed by atoms with Crippen molar-refractivity contribution in [1.29, 1.82) is 0 Å². The van der Waals surface area contributed by atoms with Crippen molar-refractivity contribution in [3.8, 4) is 5.88 Å². The topological polar surface area (TPSA) is 61.2 Å². The fourth-order valence-electron chi connectivity index (χ4n) is 1.91. The molecule has 1 aromatic rings. The van der Waals surface area contributed by atoms with Gasteiger partial charge in [0.2, 0.25) is 5.88 Å². The van der Waals surface area contributed by atoms with Crippen LogP contribution in [0.2, 0.25) is 0 Å². The minimum Gasteiger partial charge on any atom is -0.355 e. The lowest BCUT2D eigenvalue weighted by Crippen LogP contribution is -2.29. The van der Waals surface area contributed by atoms with Gasteiger partial charge in [-0.1, -0.05) is 0 Å². The van der Waals surface area contributed by atoms with E-state index >= 15 is 0 Å². The Hall–Kier alpha value is -1.25. The van der Waals surface area contributed by atoms with Crippen LogP contribution in [-0.4, -0.2) is 23.7 Å². The zero-order valence-corrected chi connectivity index (χ0v) is 10.3. The minimum atomic E-state index is -5.64. The van der Waals surface area contributed by atoms with Crippen LogP contribution in [-0.2, 0) is 30.0 Å². The molecule has 18 heavy (non-hydrogen) atoms. The largest absolute Gasteiger partial charge is 0.534 e. The molecule has 1 aromatic heterocycles. The molecule has 0 bridgehead atoms. The van der Waals surface area contributed by atoms with E-state index in [2.05, 4.69) is 9.28 Å². The molecule has 0 aromatic carbocycles. The summed E-state index contributed by atoms with van der Waals surface area (Å²) in [6.45, 7) is 0. The lowest BCUT2D eigenvalue weighted by molar-refractivity contribution is -0.0502. The highest BCUT2D eigenvalue weighted by atomic mass is 32.2.